The summed E-state index contributed by atoms with van der Waals surface area (Å²) in [6.45, 7) is 0.373. The summed E-state index contributed by atoms with van der Waals surface area (Å²) < 4.78 is 44.1. The average molecular weight is 372 g/mol. The molecule has 1 aliphatic heterocycles. The number of aromatic nitrogens is 1. The predicted octanol–water partition coefficient (Wildman–Crippen LogP) is 0.0291. The first-order valence-corrected chi connectivity index (χ1v) is 9.15. The first kappa shape index (κ1) is 19.3. The van der Waals surface area contributed by atoms with Crippen LogP contribution in [0.1, 0.15) is 6.42 Å². The SMILES string of the molecule is CNC(=O)[C@H]1CCN(S(=O)(=O)c2ccc(OC/C(=C\F)CN)nc2)C1. The molecule has 138 valence electrons. The number of nitrogens with zero attached hydrogens (tertiary/aromatic N) is 2. The molecule has 8 nitrogen and oxygen atoms in total. The molecule has 0 radical (unpaired) electrons. The Morgan fingerprint density at radius 3 is 2.88 bits per heavy atom. The molecule has 2 rings (SSSR count). The minimum atomic E-state index is -3.73. The Balaban J connectivity index is 2.04. The lowest BCUT2D eigenvalue weighted by atomic mass is 10.1. The third-order valence-corrected chi connectivity index (χ3v) is 5.79. The fourth-order valence-corrected chi connectivity index (χ4v) is 3.87. The van der Waals surface area contributed by atoms with Gasteiger partial charge in [-0.3, -0.25) is 4.79 Å². The normalized spacial score (nSPS) is 19.0. The van der Waals surface area contributed by atoms with Crippen LogP contribution in [-0.2, 0) is 14.8 Å². The monoisotopic (exact) mass is 372 g/mol. The molecular formula is C15H21FN4O4S. The van der Waals surface area contributed by atoms with Crippen LogP contribution in [0.25, 0.3) is 0 Å². The molecule has 0 unspecified atom stereocenters. The number of carbonyl (C=O) groups is 1. The molecule has 1 aliphatic rings. The maximum Gasteiger partial charge on any atom is 0.244 e. The van der Waals surface area contributed by atoms with E-state index < -0.39 is 10.0 Å². The van der Waals surface area contributed by atoms with Gasteiger partial charge in [0.05, 0.1) is 18.4 Å². The first-order valence-electron chi connectivity index (χ1n) is 7.71. The smallest absolute Gasteiger partial charge is 0.244 e. The van der Waals surface area contributed by atoms with Gasteiger partial charge < -0.3 is 15.8 Å². The van der Waals surface area contributed by atoms with Crippen molar-refractivity contribution in [2.75, 3.05) is 33.3 Å². The number of nitrogens with one attached hydrogen (secondary N) is 1. The number of carbonyl (C=O) groups excluding carboxylic acids is 1. The molecule has 25 heavy (non-hydrogen) atoms. The second kappa shape index (κ2) is 8.37. The number of nitrogens with two attached hydrogens (primary N) is 1. The van der Waals surface area contributed by atoms with Crippen LogP contribution in [0.2, 0.25) is 0 Å². The molecule has 1 aromatic rings. The lowest BCUT2D eigenvalue weighted by Gasteiger charge is -2.16. The zero-order valence-electron chi connectivity index (χ0n) is 13.8. The van der Waals surface area contributed by atoms with Crippen LogP contribution in [0.15, 0.2) is 35.1 Å². The maximum atomic E-state index is 12.6. The number of pyridine rings is 1. The van der Waals surface area contributed by atoms with E-state index in [1.54, 1.807) is 0 Å². The van der Waals surface area contributed by atoms with Crippen LogP contribution in [0.4, 0.5) is 4.39 Å². The number of sulfonamides is 1. The molecule has 1 amide bonds. The second-order valence-electron chi connectivity index (χ2n) is 5.56. The van der Waals surface area contributed by atoms with Gasteiger partial charge in [0.2, 0.25) is 21.8 Å². The van der Waals surface area contributed by atoms with Gasteiger partial charge in [0.15, 0.2) is 0 Å². The lowest BCUT2D eigenvalue weighted by Crippen LogP contribution is -2.33. The Hall–Kier alpha value is -2.04. The van der Waals surface area contributed by atoms with Crippen molar-refractivity contribution in [1.82, 2.24) is 14.6 Å². The predicted molar refractivity (Wildman–Crippen MR) is 88.9 cm³/mol. The van der Waals surface area contributed by atoms with Crippen molar-refractivity contribution in [3.8, 4) is 5.88 Å². The molecule has 0 aromatic carbocycles. The second-order valence-corrected chi connectivity index (χ2v) is 7.49. The molecule has 3 N–H and O–H groups in total. The maximum absolute atomic E-state index is 12.6. The van der Waals surface area contributed by atoms with Crippen molar-refractivity contribution in [3.05, 3.63) is 30.2 Å². The van der Waals surface area contributed by atoms with E-state index in [-0.39, 0.29) is 54.4 Å². The van der Waals surface area contributed by atoms with E-state index in [9.17, 15) is 17.6 Å². The highest BCUT2D eigenvalue weighted by Gasteiger charge is 2.35. The van der Waals surface area contributed by atoms with Crippen LogP contribution in [0, 0.1) is 5.92 Å². The molecule has 10 heteroatoms. The number of hydrogen-bond acceptors (Lipinski definition) is 6. The number of halogens is 1. The molecule has 1 fully saturated rings. The topological polar surface area (TPSA) is 115 Å². The van der Waals surface area contributed by atoms with Gasteiger partial charge in [0.1, 0.15) is 11.5 Å². The van der Waals surface area contributed by atoms with Gasteiger partial charge >= 0.3 is 0 Å². The Labute approximate surface area is 145 Å². The highest BCUT2D eigenvalue weighted by Crippen LogP contribution is 2.24. The summed E-state index contributed by atoms with van der Waals surface area (Å²) in [5.41, 5.74) is 5.58. The molecule has 1 atom stereocenters. The molecule has 0 aliphatic carbocycles. The van der Waals surface area contributed by atoms with Gasteiger partial charge in [-0.2, -0.15) is 4.31 Å². The fourth-order valence-electron chi connectivity index (χ4n) is 2.42. The van der Waals surface area contributed by atoms with Crippen molar-refractivity contribution in [3.63, 3.8) is 0 Å². The minimum absolute atomic E-state index is 0.0116. The molecule has 1 saturated heterocycles. The summed E-state index contributed by atoms with van der Waals surface area (Å²) in [7, 11) is -2.20. The van der Waals surface area contributed by atoms with Crippen molar-refractivity contribution in [2.45, 2.75) is 11.3 Å². The Bertz CT molecular complexity index is 736. The van der Waals surface area contributed by atoms with E-state index in [0.717, 1.165) is 0 Å². The summed E-state index contributed by atoms with van der Waals surface area (Å²) in [6, 6.07) is 2.76. The average Bonchev–Trinajstić information content (AvgIpc) is 3.13. The molecule has 0 spiro atoms. The van der Waals surface area contributed by atoms with Gasteiger partial charge in [-0.1, -0.05) is 0 Å². The summed E-state index contributed by atoms with van der Waals surface area (Å²) in [5.74, 6) is -0.356. The molecule has 0 bridgehead atoms. The molecule has 1 aromatic heterocycles. The number of hydrogen-bond donors (Lipinski definition) is 2. The van der Waals surface area contributed by atoms with Gasteiger partial charge in [-0.15, -0.1) is 0 Å². The first-order chi connectivity index (χ1) is 11.9. The number of amides is 1. The lowest BCUT2D eigenvalue weighted by molar-refractivity contribution is -0.123. The molecule has 0 saturated carbocycles. The van der Waals surface area contributed by atoms with Crippen molar-refractivity contribution in [1.29, 1.82) is 0 Å². The van der Waals surface area contributed by atoms with E-state index in [4.69, 9.17) is 10.5 Å². The molecular weight excluding hydrogens is 351 g/mol. The van der Waals surface area contributed by atoms with Crippen LogP contribution in [-0.4, -0.2) is 56.9 Å². The van der Waals surface area contributed by atoms with Gasteiger partial charge in [-0.25, -0.2) is 17.8 Å². The van der Waals surface area contributed by atoms with Crippen molar-refractivity contribution in [2.24, 2.45) is 11.7 Å². The van der Waals surface area contributed by atoms with Crippen LogP contribution < -0.4 is 15.8 Å². The largest absolute Gasteiger partial charge is 0.473 e. The zero-order valence-corrected chi connectivity index (χ0v) is 14.6. The van der Waals surface area contributed by atoms with Crippen LogP contribution in [0.5, 0.6) is 5.88 Å². The standard InChI is InChI=1S/C15H21FN4O4S/c1-18-15(21)12-4-5-20(9-12)25(22,23)13-2-3-14(19-8-13)24-10-11(6-16)7-17/h2-3,6,8,12H,4-5,7,9-10,17H2,1H3,(H,18,21)/b11-6-/t12-/m0/s1. The van der Waals surface area contributed by atoms with E-state index in [0.29, 0.717) is 12.8 Å². The number of ether oxygens (including phenoxy) is 1. The minimum Gasteiger partial charge on any atom is -0.473 e. The van der Waals surface area contributed by atoms with Crippen molar-refractivity contribution >= 4 is 15.9 Å². The van der Waals surface area contributed by atoms with Gasteiger partial charge in [0.25, 0.3) is 0 Å². The van der Waals surface area contributed by atoms with Gasteiger partial charge in [0, 0.05) is 38.3 Å². The van der Waals surface area contributed by atoms with Crippen molar-refractivity contribution < 1.29 is 22.3 Å². The summed E-state index contributed by atoms with van der Waals surface area (Å²) >= 11 is 0. The number of rotatable bonds is 7. The summed E-state index contributed by atoms with van der Waals surface area (Å²) in [6.07, 6.45) is 2.03. The third-order valence-electron chi connectivity index (χ3n) is 3.94. The van der Waals surface area contributed by atoms with Crippen LogP contribution in [0.3, 0.4) is 0 Å². The van der Waals surface area contributed by atoms with E-state index in [1.807, 2.05) is 0 Å². The Morgan fingerprint density at radius 2 is 2.32 bits per heavy atom. The third kappa shape index (κ3) is 4.53. The fraction of sp³-hybridized carbons (Fsp3) is 0.467. The quantitative estimate of drug-likeness (QED) is 0.698. The van der Waals surface area contributed by atoms with E-state index in [2.05, 4.69) is 10.3 Å². The summed E-state index contributed by atoms with van der Waals surface area (Å²) in [5, 5.41) is 2.53. The Kier molecular flexibility index (Phi) is 6.45. The Morgan fingerprint density at radius 1 is 1.56 bits per heavy atom. The molecule has 2 heterocycles. The highest BCUT2D eigenvalue weighted by atomic mass is 32.2. The highest BCUT2D eigenvalue weighted by molar-refractivity contribution is 7.89. The van der Waals surface area contributed by atoms with E-state index in [1.165, 1.54) is 29.7 Å². The zero-order chi connectivity index (χ0) is 18.4. The summed E-state index contributed by atoms with van der Waals surface area (Å²) in [4.78, 5) is 15.6. The van der Waals surface area contributed by atoms with Gasteiger partial charge in [-0.05, 0) is 12.5 Å². The van der Waals surface area contributed by atoms with Crippen LogP contribution >= 0.6 is 0 Å². The van der Waals surface area contributed by atoms with E-state index >= 15 is 0 Å².